The molecule has 0 radical (unpaired) electrons. The smallest absolute Gasteiger partial charge is 0.128 e. The summed E-state index contributed by atoms with van der Waals surface area (Å²) in [6.07, 6.45) is 1.02. The van der Waals surface area contributed by atoms with E-state index < -0.39 is 0 Å². The molecule has 1 aromatic carbocycles. The van der Waals surface area contributed by atoms with Gasteiger partial charge >= 0.3 is 0 Å². The van der Waals surface area contributed by atoms with Crippen LogP contribution in [-0.2, 0) is 4.74 Å². The van der Waals surface area contributed by atoms with Crippen molar-refractivity contribution in [2.45, 2.75) is 39.3 Å². The highest BCUT2D eigenvalue weighted by molar-refractivity contribution is 5.28. The maximum atomic E-state index is 14.3. The van der Waals surface area contributed by atoms with Gasteiger partial charge in [0.15, 0.2) is 0 Å². The van der Waals surface area contributed by atoms with Crippen molar-refractivity contribution >= 4 is 0 Å². The van der Waals surface area contributed by atoms with Crippen LogP contribution in [-0.4, -0.2) is 43.8 Å². The second-order valence-electron chi connectivity index (χ2n) is 5.76. The third-order valence-corrected chi connectivity index (χ3v) is 4.10. The lowest BCUT2D eigenvalue weighted by atomic mass is 9.97. The number of aryl methyl sites for hydroxylation is 1. The molecule has 0 amide bonds. The van der Waals surface area contributed by atoms with Crippen LogP contribution in [0.3, 0.4) is 0 Å². The number of benzene rings is 1. The van der Waals surface area contributed by atoms with Crippen molar-refractivity contribution in [3.8, 4) is 0 Å². The first kappa shape index (κ1) is 16.4. The third kappa shape index (κ3) is 4.25. The van der Waals surface area contributed by atoms with Gasteiger partial charge in [-0.1, -0.05) is 31.5 Å². The standard InChI is InChI=1S/C17H27FN2O/c1-4-8-19-17(14-11-13(3)6-7-15(14)18)16-12-20(5-2)9-10-21-16/h6-7,11,16-17,19H,4-5,8-10,12H2,1-3H3. The maximum absolute atomic E-state index is 14.3. The van der Waals surface area contributed by atoms with Crippen LogP contribution in [0.4, 0.5) is 4.39 Å². The molecule has 1 saturated heterocycles. The van der Waals surface area contributed by atoms with Gasteiger partial charge in [-0.3, -0.25) is 4.90 Å². The van der Waals surface area contributed by atoms with Gasteiger partial charge < -0.3 is 10.1 Å². The number of rotatable bonds is 6. The Balaban J connectivity index is 2.22. The van der Waals surface area contributed by atoms with Crippen LogP contribution in [0, 0.1) is 12.7 Å². The zero-order chi connectivity index (χ0) is 15.2. The number of likely N-dealkylation sites (N-methyl/N-ethyl adjacent to an activating group) is 1. The van der Waals surface area contributed by atoms with E-state index in [0.29, 0.717) is 0 Å². The molecule has 1 aliphatic heterocycles. The first-order valence-corrected chi connectivity index (χ1v) is 7.99. The third-order valence-electron chi connectivity index (χ3n) is 4.10. The summed E-state index contributed by atoms with van der Waals surface area (Å²) in [5.74, 6) is -0.147. The molecule has 1 fully saturated rings. The van der Waals surface area contributed by atoms with Gasteiger partial charge in [-0.2, -0.15) is 0 Å². The second-order valence-corrected chi connectivity index (χ2v) is 5.76. The number of morpholine rings is 1. The highest BCUT2D eigenvalue weighted by atomic mass is 19.1. The summed E-state index contributed by atoms with van der Waals surface area (Å²) in [5.41, 5.74) is 1.81. The summed E-state index contributed by atoms with van der Waals surface area (Å²) in [6, 6.07) is 5.23. The van der Waals surface area contributed by atoms with Gasteiger partial charge in [0.2, 0.25) is 0 Å². The van der Waals surface area contributed by atoms with E-state index in [2.05, 4.69) is 24.1 Å². The van der Waals surface area contributed by atoms with Crippen LogP contribution in [0.2, 0.25) is 0 Å². The Morgan fingerprint density at radius 2 is 2.24 bits per heavy atom. The van der Waals surface area contributed by atoms with Crippen molar-refractivity contribution < 1.29 is 9.13 Å². The van der Waals surface area contributed by atoms with Gasteiger partial charge in [-0.25, -0.2) is 4.39 Å². The van der Waals surface area contributed by atoms with Crippen LogP contribution in [0.15, 0.2) is 18.2 Å². The minimum Gasteiger partial charge on any atom is -0.374 e. The quantitative estimate of drug-likeness (QED) is 0.873. The van der Waals surface area contributed by atoms with Gasteiger partial charge in [0, 0.05) is 18.7 Å². The van der Waals surface area contributed by atoms with Crippen LogP contribution in [0.25, 0.3) is 0 Å². The van der Waals surface area contributed by atoms with Gasteiger partial charge in [0.05, 0.1) is 18.8 Å². The molecular formula is C17H27FN2O. The van der Waals surface area contributed by atoms with Crippen LogP contribution in [0.5, 0.6) is 0 Å². The predicted molar refractivity (Wildman–Crippen MR) is 84.0 cm³/mol. The highest BCUT2D eigenvalue weighted by Gasteiger charge is 2.30. The van der Waals surface area contributed by atoms with Crippen molar-refractivity contribution in [1.29, 1.82) is 0 Å². The van der Waals surface area contributed by atoms with Gasteiger partial charge in [-0.05, 0) is 32.5 Å². The Bertz CT molecular complexity index is 452. The number of hydrogen-bond donors (Lipinski definition) is 1. The zero-order valence-corrected chi connectivity index (χ0v) is 13.4. The highest BCUT2D eigenvalue weighted by Crippen LogP contribution is 2.26. The van der Waals surface area contributed by atoms with E-state index in [9.17, 15) is 4.39 Å². The number of ether oxygens (including phenoxy) is 1. The van der Waals surface area contributed by atoms with Crippen molar-refractivity contribution in [1.82, 2.24) is 10.2 Å². The summed E-state index contributed by atoms with van der Waals surface area (Å²) < 4.78 is 20.2. The average molecular weight is 294 g/mol. The monoisotopic (exact) mass is 294 g/mol. The van der Waals surface area contributed by atoms with E-state index in [1.54, 1.807) is 6.07 Å². The van der Waals surface area contributed by atoms with Gasteiger partial charge in [0.1, 0.15) is 5.82 Å². The van der Waals surface area contributed by atoms with E-state index in [-0.39, 0.29) is 18.0 Å². The summed E-state index contributed by atoms with van der Waals surface area (Å²) in [7, 11) is 0. The number of nitrogens with zero attached hydrogens (tertiary/aromatic N) is 1. The first-order chi connectivity index (χ1) is 10.2. The van der Waals surface area contributed by atoms with E-state index in [1.807, 2.05) is 19.1 Å². The van der Waals surface area contributed by atoms with Gasteiger partial charge in [-0.15, -0.1) is 0 Å². The number of nitrogens with one attached hydrogen (secondary N) is 1. The largest absolute Gasteiger partial charge is 0.374 e. The van der Waals surface area contributed by atoms with E-state index in [1.165, 1.54) is 0 Å². The van der Waals surface area contributed by atoms with Crippen LogP contribution >= 0.6 is 0 Å². The molecule has 0 aliphatic carbocycles. The van der Waals surface area contributed by atoms with Crippen LogP contribution in [0.1, 0.15) is 37.4 Å². The fourth-order valence-electron chi connectivity index (χ4n) is 2.86. The minimum atomic E-state index is -0.147. The molecule has 21 heavy (non-hydrogen) atoms. The Morgan fingerprint density at radius 1 is 1.43 bits per heavy atom. The number of hydrogen-bond acceptors (Lipinski definition) is 3. The van der Waals surface area contributed by atoms with E-state index >= 15 is 0 Å². The van der Waals surface area contributed by atoms with Crippen LogP contribution < -0.4 is 5.32 Å². The minimum absolute atomic E-state index is 0.00144. The molecule has 1 aliphatic rings. The predicted octanol–water partition coefficient (Wildman–Crippen LogP) is 2.90. The molecule has 2 atom stereocenters. The van der Waals surface area contributed by atoms with E-state index in [0.717, 1.165) is 50.3 Å². The Labute approximate surface area is 127 Å². The molecule has 1 heterocycles. The van der Waals surface area contributed by atoms with E-state index in [4.69, 9.17) is 4.74 Å². The molecule has 0 bridgehead atoms. The zero-order valence-electron chi connectivity index (χ0n) is 13.4. The molecule has 1 N–H and O–H groups in total. The molecule has 2 unspecified atom stereocenters. The lowest BCUT2D eigenvalue weighted by Crippen LogP contribution is -2.48. The summed E-state index contributed by atoms with van der Waals surface area (Å²) in [6.45, 7) is 10.7. The van der Waals surface area contributed by atoms with Crippen molar-refractivity contribution in [3.63, 3.8) is 0 Å². The summed E-state index contributed by atoms with van der Waals surface area (Å²) in [4.78, 5) is 2.36. The molecule has 1 aromatic rings. The van der Waals surface area contributed by atoms with Crippen molar-refractivity contribution in [2.24, 2.45) is 0 Å². The molecule has 4 heteroatoms. The lowest BCUT2D eigenvalue weighted by molar-refractivity contribution is -0.0461. The molecular weight excluding hydrogens is 267 g/mol. The Hall–Kier alpha value is -0.970. The summed E-state index contributed by atoms with van der Waals surface area (Å²) in [5, 5.41) is 3.48. The fraction of sp³-hybridized carbons (Fsp3) is 0.647. The second kappa shape index (κ2) is 7.87. The lowest BCUT2D eigenvalue weighted by Gasteiger charge is -2.37. The SMILES string of the molecule is CCCNC(c1cc(C)ccc1F)C1CN(CC)CCO1. The first-order valence-electron chi connectivity index (χ1n) is 7.99. The van der Waals surface area contributed by atoms with Crippen molar-refractivity contribution in [2.75, 3.05) is 32.8 Å². The Morgan fingerprint density at radius 3 is 2.95 bits per heavy atom. The molecule has 118 valence electrons. The maximum Gasteiger partial charge on any atom is 0.128 e. The average Bonchev–Trinajstić information content (AvgIpc) is 2.51. The normalized spacial score (nSPS) is 21.4. The number of halogens is 1. The molecule has 3 nitrogen and oxygen atoms in total. The Kier molecular flexibility index (Phi) is 6.15. The molecule has 2 rings (SSSR count). The molecule has 0 saturated carbocycles. The molecule has 0 aromatic heterocycles. The topological polar surface area (TPSA) is 24.5 Å². The van der Waals surface area contributed by atoms with Gasteiger partial charge in [0.25, 0.3) is 0 Å². The van der Waals surface area contributed by atoms with Crippen molar-refractivity contribution in [3.05, 3.63) is 35.1 Å². The fourth-order valence-corrected chi connectivity index (χ4v) is 2.86. The molecule has 0 spiro atoms. The summed E-state index contributed by atoms with van der Waals surface area (Å²) >= 11 is 0.